The van der Waals surface area contributed by atoms with Crippen LogP contribution < -0.4 is 11.1 Å². The fourth-order valence-corrected chi connectivity index (χ4v) is 1.57. The molecule has 1 aromatic carbocycles. The molecule has 1 aliphatic rings. The first kappa shape index (κ1) is 8.10. The Morgan fingerprint density at radius 2 is 2.08 bits per heavy atom. The van der Waals surface area contributed by atoms with Crippen LogP contribution in [0.25, 0.3) is 0 Å². The minimum absolute atomic E-state index is 0.120. The number of hydrogen-bond donors (Lipinski definition) is 2. The summed E-state index contributed by atoms with van der Waals surface area (Å²) in [6.07, 6.45) is 0. The molecule has 0 fully saturated rings. The van der Waals surface area contributed by atoms with E-state index in [2.05, 4.69) is 29.4 Å². The van der Waals surface area contributed by atoms with Gasteiger partial charge in [-0.1, -0.05) is 30.3 Å². The SMILES string of the molecule is CC1(c2ccccc2)CN=C(N)N1. The molecule has 1 atom stereocenters. The van der Waals surface area contributed by atoms with E-state index in [0.717, 1.165) is 0 Å². The average Bonchev–Trinajstić information content (AvgIpc) is 2.49. The molecule has 0 spiro atoms. The topological polar surface area (TPSA) is 50.4 Å². The number of rotatable bonds is 1. The molecule has 2 rings (SSSR count). The molecule has 0 amide bonds. The number of benzene rings is 1. The van der Waals surface area contributed by atoms with E-state index in [1.807, 2.05) is 18.2 Å². The highest BCUT2D eigenvalue weighted by Gasteiger charge is 2.30. The molecule has 1 aliphatic heterocycles. The molecule has 0 aliphatic carbocycles. The van der Waals surface area contributed by atoms with E-state index >= 15 is 0 Å². The predicted octanol–water partition coefficient (Wildman–Crippen LogP) is 0.820. The highest BCUT2D eigenvalue weighted by Crippen LogP contribution is 2.23. The average molecular weight is 175 g/mol. The van der Waals surface area contributed by atoms with Gasteiger partial charge in [-0.3, -0.25) is 4.99 Å². The van der Waals surface area contributed by atoms with Crippen molar-refractivity contribution < 1.29 is 0 Å². The van der Waals surface area contributed by atoms with Gasteiger partial charge < -0.3 is 11.1 Å². The van der Waals surface area contributed by atoms with Gasteiger partial charge in [0.25, 0.3) is 0 Å². The fourth-order valence-electron chi connectivity index (χ4n) is 1.57. The van der Waals surface area contributed by atoms with Gasteiger partial charge in [-0.25, -0.2) is 0 Å². The largest absolute Gasteiger partial charge is 0.370 e. The highest BCUT2D eigenvalue weighted by molar-refractivity contribution is 5.80. The quantitative estimate of drug-likeness (QED) is 0.664. The fraction of sp³-hybridized carbons (Fsp3) is 0.300. The van der Waals surface area contributed by atoms with E-state index in [0.29, 0.717) is 12.5 Å². The molecule has 68 valence electrons. The van der Waals surface area contributed by atoms with Crippen molar-refractivity contribution in [3.8, 4) is 0 Å². The monoisotopic (exact) mass is 175 g/mol. The molecule has 0 bridgehead atoms. The Labute approximate surface area is 77.7 Å². The van der Waals surface area contributed by atoms with E-state index in [-0.39, 0.29) is 5.54 Å². The minimum atomic E-state index is -0.120. The number of hydrogen-bond acceptors (Lipinski definition) is 3. The number of nitrogens with zero attached hydrogens (tertiary/aromatic N) is 1. The molecule has 1 aromatic rings. The summed E-state index contributed by atoms with van der Waals surface area (Å²) in [6.45, 7) is 2.81. The van der Waals surface area contributed by atoms with E-state index < -0.39 is 0 Å². The van der Waals surface area contributed by atoms with Crippen LogP contribution in [0.3, 0.4) is 0 Å². The van der Waals surface area contributed by atoms with E-state index in [4.69, 9.17) is 5.73 Å². The molecular weight excluding hydrogens is 162 g/mol. The van der Waals surface area contributed by atoms with Gasteiger partial charge in [0.15, 0.2) is 5.96 Å². The van der Waals surface area contributed by atoms with Crippen LogP contribution in [0.4, 0.5) is 0 Å². The number of aliphatic imine (C=N–C) groups is 1. The van der Waals surface area contributed by atoms with Gasteiger partial charge in [-0.2, -0.15) is 0 Å². The molecule has 1 heterocycles. The molecule has 3 nitrogen and oxygen atoms in total. The van der Waals surface area contributed by atoms with Crippen LogP contribution in [0, 0.1) is 0 Å². The van der Waals surface area contributed by atoms with Crippen LogP contribution in [0.2, 0.25) is 0 Å². The number of nitrogens with two attached hydrogens (primary N) is 1. The van der Waals surface area contributed by atoms with Crippen LogP contribution in [0.1, 0.15) is 12.5 Å². The Morgan fingerprint density at radius 1 is 1.38 bits per heavy atom. The maximum absolute atomic E-state index is 5.59. The van der Waals surface area contributed by atoms with E-state index in [1.165, 1.54) is 5.56 Å². The third-order valence-corrected chi connectivity index (χ3v) is 2.38. The molecule has 1 unspecified atom stereocenters. The second kappa shape index (κ2) is 2.76. The predicted molar refractivity (Wildman–Crippen MR) is 53.4 cm³/mol. The summed E-state index contributed by atoms with van der Waals surface area (Å²) in [5.74, 6) is 0.534. The smallest absolute Gasteiger partial charge is 0.189 e. The van der Waals surface area contributed by atoms with Gasteiger partial charge in [0.1, 0.15) is 0 Å². The normalized spacial score (nSPS) is 26.7. The zero-order valence-corrected chi connectivity index (χ0v) is 7.62. The lowest BCUT2D eigenvalue weighted by Crippen LogP contribution is -2.42. The van der Waals surface area contributed by atoms with Crippen molar-refractivity contribution in [2.45, 2.75) is 12.5 Å². The third kappa shape index (κ3) is 1.37. The van der Waals surface area contributed by atoms with Crippen LogP contribution in [-0.2, 0) is 5.54 Å². The Bertz CT molecular complexity index is 331. The van der Waals surface area contributed by atoms with Crippen LogP contribution in [-0.4, -0.2) is 12.5 Å². The Hall–Kier alpha value is -1.51. The molecule has 0 saturated heterocycles. The van der Waals surface area contributed by atoms with Crippen molar-refractivity contribution in [3.63, 3.8) is 0 Å². The van der Waals surface area contributed by atoms with Crippen LogP contribution >= 0.6 is 0 Å². The van der Waals surface area contributed by atoms with Crippen LogP contribution in [0.15, 0.2) is 35.3 Å². The minimum Gasteiger partial charge on any atom is -0.370 e. The first-order valence-corrected chi connectivity index (χ1v) is 4.34. The lowest BCUT2D eigenvalue weighted by Gasteiger charge is -2.24. The Morgan fingerprint density at radius 3 is 2.62 bits per heavy atom. The third-order valence-electron chi connectivity index (χ3n) is 2.38. The standard InChI is InChI=1S/C10H13N3/c1-10(7-12-9(11)13-10)8-5-3-2-4-6-8/h2-6H,7H2,1H3,(H3,11,12,13). The molecular formula is C10H13N3. The Balaban J connectivity index is 2.28. The number of nitrogens with one attached hydrogen (secondary N) is 1. The Kier molecular flexibility index (Phi) is 1.72. The molecule has 0 aromatic heterocycles. The maximum Gasteiger partial charge on any atom is 0.189 e. The van der Waals surface area contributed by atoms with Crippen molar-refractivity contribution in [1.82, 2.24) is 5.32 Å². The first-order valence-electron chi connectivity index (χ1n) is 4.34. The summed E-state index contributed by atoms with van der Waals surface area (Å²) in [4.78, 5) is 4.15. The molecule has 13 heavy (non-hydrogen) atoms. The molecule has 3 N–H and O–H groups in total. The first-order chi connectivity index (χ1) is 6.21. The van der Waals surface area contributed by atoms with Crippen molar-refractivity contribution in [2.75, 3.05) is 6.54 Å². The lowest BCUT2D eigenvalue weighted by atomic mass is 9.93. The summed E-state index contributed by atoms with van der Waals surface area (Å²) in [5, 5.41) is 3.17. The summed E-state index contributed by atoms with van der Waals surface area (Å²) in [7, 11) is 0. The van der Waals surface area contributed by atoms with Crippen molar-refractivity contribution in [3.05, 3.63) is 35.9 Å². The zero-order chi connectivity index (χ0) is 9.31. The summed E-state index contributed by atoms with van der Waals surface area (Å²) in [5.41, 5.74) is 6.69. The van der Waals surface area contributed by atoms with Gasteiger partial charge in [0, 0.05) is 0 Å². The second-order valence-electron chi connectivity index (χ2n) is 3.52. The van der Waals surface area contributed by atoms with Gasteiger partial charge in [-0.05, 0) is 12.5 Å². The van der Waals surface area contributed by atoms with E-state index in [9.17, 15) is 0 Å². The highest BCUT2D eigenvalue weighted by atomic mass is 15.2. The van der Waals surface area contributed by atoms with Gasteiger partial charge in [0.2, 0.25) is 0 Å². The zero-order valence-electron chi connectivity index (χ0n) is 7.62. The molecule has 0 radical (unpaired) electrons. The second-order valence-corrected chi connectivity index (χ2v) is 3.52. The molecule has 3 heteroatoms. The lowest BCUT2D eigenvalue weighted by molar-refractivity contribution is 0.480. The van der Waals surface area contributed by atoms with Gasteiger partial charge in [-0.15, -0.1) is 0 Å². The molecule has 0 saturated carbocycles. The van der Waals surface area contributed by atoms with Gasteiger partial charge >= 0.3 is 0 Å². The summed E-state index contributed by atoms with van der Waals surface area (Å²) in [6, 6.07) is 10.2. The summed E-state index contributed by atoms with van der Waals surface area (Å²) < 4.78 is 0. The van der Waals surface area contributed by atoms with Crippen molar-refractivity contribution in [1.29, 1.82) is 0 Å². The van der Waals surface area contributed by atoms with Crippen LogP contribution in [0.5, 0.6) is 0 Å². The summed E-state index contributed by atoms with van der Waals surface area (Å²) >= 11 is 0. The number of guanidine groups is 1. The van der Waals surface area contributed by atoms with Crippen molar-refractivity contribution in [2.24, 2.45) is 10.7 Å². The van der Waals surface area contributed by atoms with E-state index in [1.54, 1.807) is 0 Å². The maximum atomic E-state index is 5.59. The van der Waals surface area contributed by atoms with Gasteiger partial charge in [0.05, 0.1) is 12.1 Å². The van der Waals surface area contributed by atoms with Crippen molar-refractivity contribution >= 4 is 5.96 Å².